The molecule has 0 radical (unpaired) electrons. The first-order valence-electron chi connectivity index (χ1n) is 8.77. The Labute approximate surface area is 150 Å². The lowest BCUT2D eigenvalue weighted by atomic mass is 10.0. The standard InChI is InChI=1S/C21H27NO3/c1-5-16-7-9-17(10-8-16)15(3)22-21(23)20(6-2)25-19-13-11-18(24-4)12-14-19/h7-15,20H,5-6H2,1-4H3,(H,22,23)/t15-,20+/m0/s1. The molecule has 1 N–H and O–H groups in total. The largest absolute Gasteiger partial charge is 0.497 e. The number of ether oxygens (including phenoxy) is 2. The van der Waals surface area contributed by atoms with E-state index in [0.717, 1.165) is 17.7 Å². The van der Waals surface area contributed by atoms with Gasteiger partial charge in [0.2, 0.25) is 0 Å². The molecule has 0 fully saturated rings. The molecule has 25 heavy (non-hydrogen) atoms. The van der Waals surface area contributed by atoms with Crippen LogP contribution >= 0.6 is 0 Å². The molecule has 0 saturated carbocycles. The third-order valence-electron chi connectivity index (χ3n) is 4.25. The summed E-state index contributed by atoms with van der Waals surface area (Å²) in [5, 5.41) is 3.04. The van der Waals surface area contributed by atoms with Gasteiger partial charge in [-0.15, -0.1) is 0 Å². The number of amides is 1. The molecule has 0 heterocycles. The summed E-state index contributed by atoms with van der Waals surface area (Å²) in [7, 11) is 1.62. The van der Waals surface area contributed by atoms with Gasteiger partial charge < -0.3 is 14.8 Å². The first kappa shape index (κ1) is 18.8. The van der Waals surface area contributed by atoms with Crippen molar-refractivity contribution in [1.82, 2.24) is 5.32 Å². The number of carbonyl (C=O) groups is 1. The molecule has 4 heteroatoms. The van der Waals surface area contributed by atoms with Crippen LogP contribution < -0.4 is 14.8 Å². The molecule has 0 aliphatic carbocycles. The molecule has 0 saturated heterocycles. The minimum atomic E-state index is -0.522. The second kappa shape index (κ2) is 9.11. The van der Waals surface area contributed by atoms with E-state index in [1.807, 2.05) is 38.1 Å². The average Bonchev–Trinajstić information content (AvgIpc) is 2.66. The van der Waals surface area contributed by atoms with Crippen LogP contribution in [0.1, 0.15) is 44.4 Å². The molecule has 0 aliphatic heterocycles. The monoisotopic (exact) mass is 341 g/mol. The molecular weight excluding hydrogens is 314 g/mol. The lowest BCUT2D eigenvalue weighted by Gasteiger charge is -2.21. The highest BCUT2D eigenvalue weighted by atomic mass is 16.5. The maximum atomic E-state index is 12.5. The predicted molar refractivity (Wildman–Crippen MR) is 100 cm³/mol. The summed E-state index contributed by atoms with van der Waals surface area (Å²) in [6.07, 6.45) is 1.08. The smallest absolute Gasteiger partial charge is 0.261 e. The second-order valence-electron chi connectivity index (χ2n) is 6.02. The topological polar surface area (TPSA) is 47.6 Å². The second-order valence-corrected chi connectivity index (χ2v) is 6.02. The van der Waals surface area contributed by atoms with Gasteiger partial charge >= 0.3 is 0 Å². The van der Waals surface area contributed by atoms with Crippen LogP contribution in [0.4, 0.5) is 0 Å². The van der Waals surface area contributed by atoms with Crippen molar-refractivity contribution in [1.29, 1.82) is 0 Å². The molecule has 2 atom stereocenters. The van der Waals surface area contributed by atoms with E-state index in [1.165, 1.54) is 5.56 Å². The van der Waals surface area contributed by atoms with Crippen molar-refractivity contribution < 1.29 is 14.3 Å². The van der Waals surface area contributed by atoms with Crippen LogP contribution in [0.3, 0.4) is 0 Å². The molecule has 1 amide bonds. The van der Waals surface area contributed by atoms with Crippen LogP contribution in [0.5, 0.6) is 11.5 Å². The average molecular weight is 341 g/mol. The number of rotatable bonds is 8. The highest BCUT2D eigenvalue weighted by Gasteiger charge is 2.20. The molecule has 134 valence electrons. The van der Waals surface area contributed by atoms with Gasteiger partial charge in [-0.1, -0.05) is 38.1 Å². The normalized spacial score (nSPS) is 13.0. The first-order valence-corrected chi connectivity index (χ1v) is 8.77. The summed E-state index contributed by atoms with van der Waals surface area (Å²) < 4.78 is 11.0. The van der Waals surface area contributed by atoms with E-state index in [2.05, 4.69) is 36.5 Å². The molecule has 2 aromatic carbocycles. The summed E-state index contributed by atoms with van der Waals surface area (Å²) in [5.41, 5.74) is 2.38. The Balaban J connectivity index is 1.97. The van der Waals surface area contributed by atoms with E-state index >= 15 is 0 Å². The quantitative estimate of drug-likeness (QED) is 0.779. The van der Waals surface area contributed by atoms with Crippen molar-refractivity contribution in [2.24, 2.45) is 0 Å². The minimum Gasteiger partial charge on any atom is -0.497 e. The summed E-state index contributed by atoms with van der Waals surface area (Å²) in [5.74, 6) is 1.31. The van der Waals surface area contributed by atoms with Gasteiger partial charge in [0.15, 0.2) is 6.10 Å². The number of methoxy groups -OCH3 is 1. The van der Waals surface area contributed by atoms with E-state index < -0.39 is 6.10 Å². The molecule has 2 rings (SSSR count). The van der Waals surface area contributed by atoms with E-state index in [-0.39, 0.29) is 11.9 Å². The van der Waals surface area contributed by atoms with Crippen LogP contribution in [0, 0.1) is 0 Å². The van der Waals surface area contributed by atoms with Crippen molar-refractivity contribution in [2.75, 3.05) is 7.11 Å². The fourth-order valence-electron chi connectivity index (χ4n) is 2.57. The number of nitrogens with one attached hydrogen (secondary N) is 1. The van der Waals surface area contributed by atoms with Gasteiger partial charge in [0, 0.05) is 0 Å². The van der Waals surface area contributed by atoms with Gasteiger partial charge in [-0.05, 0) is 55.2 Å². The maximum absolute atomic E-state index is 12.5. The van der Waals surface area contributed by atoms with Crippen molar-refractivity contribution in [3.8, 4) is 11.5 Å². The van der Waals surface area contributed by atoms with Gasteiger partial charge in [0.1, 0.15) is 11.5 Å². The number of carbonyl (C=O) groups excluding carboxylic acids is 1. The molecule has 0 bridgehead atoms. The summed E-state index contributed by atoms with van der Waals surface area (Å²) >= 11 is 0. The fraction of sp³-hybridized carbons (Fsp3) is 0.381. The predicted octanol–water partition coefficient (Wildman–Crippen LogP) is 4.29. The van der Waals surface area contributed by atoms with Crippen LogP contribution in [-0.4, -0.2) is 19.1 Å². The SMILES string of the molecule is CCc1ccc([C@H](C)NC(=O)[C@@H](CC)Oc2ccc(OC)cc2)cc1. The Hall–Kier alpha value is -2.49. The van der Waals surface area contributed by atoms with Crippen molar-refractivity contribution >= 4 is 5.91 Å². The molecule has 4 nitrogen and oxygen atoms in total. The highest BCUT2D eigenvalue weighted by Crippen LogP contribution is 2.20. The summed E-state index contributed by atoms with van der Waals surface area (Å²) in [4.78, 5) is 12.5. The van der Waals surface area contributed by atoms with Crippen LogP contribution in [-0.2, 0) is 11.2 Å². The molecule has 0 aromatic heterocycles. The zero-order chi connectivity index (χ0) is 18.2. The zero-order valence-corrected chi connectivity index (χ0v) is 15.4. The van der Waals surface area contributed by atoms with Gasteiger partial charge in [0.25, 0.3) is 5.91 Å². The first-order chi connectivity index (χ1) is 12.1. The Bertz CT molecular complexity index is 665. The van der Waals surface area contributed by atoms with E-state index in [4.69, 9.17) is 9.47 Å². The Morgan fingerprint density at radius 1 is 1.00 bits per heavy atom. The van der Waals surface area contributed by atoms with Crippen LogP contribution in [0.25, 0.3) is 0 Å². The van der Waals surface area contributed by atoms with Gasteiger partial charge in [-0.3, -0.25) is 4.79 Å². The number of hydrogen-bond donors (Lipinski definition) is 1. The molecule has 0 aliphatic rings. The minimum absolute atomic E-state index is 0.0630. The maximum Gasteiger partial charge on any atom is 0.261 e. The van der Waals surface area contributed by atoms with E-state index in [1.54, 1.807) is 7.11 Å². The van der Waals surface area contributed by atoms with Crippen LogP contribution in [0.15, 0.2) is 48.5 Å². The lowest BCUT2D eigenvalue weighted by molar-refractivity contribution is -0.128. The molecular formula is C21H27NO3. The van der Waals surface area contributed by atoms with Gasteiger partial charge in [-0.25, -0.2) is 0 Å². The number of aryl methyl sites for hydroxylation is 1. The Kier molecular flexibility index (Phi) is 6.87. The van der Waals surface area contributed by atoms with Crippen molar-refractivity contribution in [2.45, 2.75) is 45.8 Å². The van der Waals surface area contributed by atoms with Crippen LogP contribution in [0.2, 0.25) is 0 Å². The van der Waals surface area contributed by atoms with E-state index in [0.29, 0.717) is 12.2 Å². The zero-order valence-electron chi connectivity index (χ0n) is 15.4. The third kappa shape index (κ3) is 5.24. The van der Waals surface area contributed by atoms with Crippen molar-refractivity contribution in [3.63, 3.8) is 0 Å². The fourth-order valence-corrected chi connectivity index (χ4v) is 2.57. The van der Waals surface area contributed by atoms with Crippen molar-refractivity contribution in [3.05, 3.63) is 59.7 Å². The Morgan fingerprint density at radius 2 is 1.60 bits per heavy atom. The lowest BCUT2D eigenvalue weighted by Crippen LogP contribution is -2.39. The third-order valence-corrected chi connectivity index (χ3v) is 4.25. The molecule has 0 unspecified atom stereocenters. The molecule has 2 aromatic rings. The molecule has 0 spiro atoms. The van der Waals surface area contributed by atoms with Gasteiger partial charge in [0.05, 0.1) is 13.2 Å². The Morgan fingerprint density at radius 3 is 2.12 bits per heavy atom. The number of hydrogen-bond acceptors (Lipinski definition) is 3. The van der Waals surface area contributed by atoms with E-state index in [9.17, 15) is 4.79 Å². The summed E-state index contributed by atoms with van der Waals surface area (Å²) in [6, 6.07) is 15.5. The summed E-state index contributed by atoms with van der Waals surface area (Å²) in [6.45, 7) is 6.05. The van der Waals surface area contributed by atoms with Gasteiger partial charge in [-0.2, -0.15) is 0 Å². The number of benzene rings is 2. The highest BCUT2D eigenvalue weighted by molar-refractivity contribution is 5.81.